The molecule has 1 amide bonds. The summed E-state index contributed by atoms with van der Waals surface area (Å²) >= 11 is 5.83. The summed E-state index contributed by atoms with van der Waals surface area (Å²) in [7, 11) is 0. The monoisotopic (exact) mass is 329 g/mol. The molecule has 1 aliphatic carbocycles. The molecule has 0 radical (unpaired) electrons. The molecule has 1 saturated carbocycles. The highest BCUT2D eigenvalue weighted by molar-refractivity contribution is 6.30. The molecule has 1 atom stereocenters. The van der Waals surface area contributed by atoms with E-state index in [0.29, 0.717) is 16.7 Å². The van der Waals surface area contributed by atoms with Crippen molar-refractivity contribution < 1.29 is 9.53 Å². The standard InChI is InChI=1S/C19H20ClNO2/c20-16-8-10-17(11-9-16)23-13-19(22)21-18(15-6-7-15)12-14-4-2-1-3-5-14/h1-5,8-11,15,18H,6-7,12-13H2,(H,21,22). The Morgan fingerprint density at radius 2 is 1.83 bits per heavy atom. The van der Waals surface area contributed by atoms with E-state index in [4.69, 9.17) is 16.3 Å². The van der Waals surface area contributed by atoms with Gasteiger partial charge < -0.3 is 10.1 Å². The van der Waals surface area contributed by atoms with Gasteiger partial charge in [0.2, 0.25) is 0 Å². The van der Waals surface area contributed by atoms with E-state index in [-0.39, 0.29) is 18.6 Å². The van der Waals surface area contributed by atoms with Crippen LogP contribution in [0.3, 0.4) is 0 Å². The van der Waals surface area contributed by atoms with Crippen molar-refractivity contribution in [2.24, 2.45) is 5.92 Å². The van der Waals surface area contributed by atoms with Crippen molar-refractivity contribution in [1.82, 2.24) is 5.32 Å². The molecular formula is C19H20ClNO2. The molecule has 1 N–H and O–H groups in total. The average molecular weight is 330 g/mol. The van der Waals surface area contributed by atoms with Crippen molar-refractivity contribution in [2.45, 2.75) is 25.3 Å². The number of hydrogen-bond donors (Lipinski definition) is 1. The van der Waals surface area contributed by atoms with Gasteiger partial charge in [0, 0.05) is 11.1 Å². The van der Waals surface area contributed by atoms with Gasteiger partial charge in [0.1, 0.15) is 5.75 Å². The molecule has 120 valence electrons. The van der Waals surface area contributed by atoms with Crippen molar-refractivity contribution in [2.75, 3.05) is 6.61 Å². The Labute approximate surface area is 141 Å². The van der Waals surface area contributed by atoms with Crippen LogP contribution in [-0.4, -0.2) is 18.6 Å². The number of ether oxygens (including phenoxy) is 1. The summed E-state index contributed by atoms with van der Waals surface area (Å²) in [5, 5.41) is 3.77. The Kier molecular flexibility index (Phi) is 5.19. The molecule has 0 heterocycles. The first-order chi connectivity index (χ1) is 11.2. The largest absolute Gasteiger partial charge is 0.484 e. The van der Waals surface area contributed by atoms with Crippen LogP contribution in [0.5, 0.6) is 5.75 Å². The smallest absolute Gasteiger partial charge is 0.258 e. The third-order valence-electron chi connectivity index (χ3n) is 4.02. The molecule has 2 aromatic carbocycles. The Hall–Kier alpha value is -2.00. The van der Waals surface area contributed by atoms with E-state index >= 15 is 0 Å². The molecule has 2 aromatic rings. The van der Waals surface area contributed by atoms with Gasteiger partial charge in [-0.2, -0.15) is 0 Å². The molecule has 1 fully saturated rings. The summed E-state index contributed by atoms with van der Waals surface area (Å²) < 4.78 is 5.50. The molecule has 0 aliphatic heterocycles. The zero-order chi connectivity index (χ0) is 16.1. The number of nitrogens with one attached hydrogen (secondary N) is 1. The van der Waals surface area contributed by atoms with E-state index in [1.807, 2.05) is 18.2 Å². The van der Waals surface area contributed by atoms with Crippen LogP contribution in [0.4, 0.5) is 0 Å². The quantitative estimate of drug-likeness (QED) is 0.837. The zero-order valence-electron chi connectivity index (χ0n) is 12.9. The average Bonchev–Trinajstić information content (AvgIpc) is 3.40. The van der Waals surface area contributed by atoms with Crippen LogP contribution in [-0.2, 0) is 11.2 Å². The molecule has 0 aromatic heterocycles. The van der Waals surface area contributed by atoms with Crippen LogP contribution >= 0.6 is 11.6 Å². The van der Waals surface area contributed by atoms with Crippen molar-refractivity contribution in [3.8, 4) is 5.75 Å². The number of amides is 1. The van der Waals surface area contributed by atoms with Gasteiger partial charge in [-0.25, -0.2) is 0 Å². The first-order valence-electron chi connectivity index (χ1n) is 7.92. The summed E-state index contributed by atoms with van der Waals surface area (Å²) in [5.74, 6) is 1.16. The van der Waals surface area contributed by atoms with Gasteiger partial charge in [-0.05, 0) is 55.0 Å². The first kappa shape index (κ1) is 15.9. The fraction of sp³-hybridized carbons (Fsp3) is 0.316. The van der Waals surface area contributed by atoms with Crippen LogP contribution in [0.2, 0.25) is 5.02 Å². The highest BCUT2D eigenvalue weighted by atomic mass is 35.5. The van der Waals surface area contributed by atoms with Crippen molar-refractivity contribution in [3.63, 3.8) is 0 Å². The van der Waals surface area contributed by atoms with Crippen molar-refractivity contribution in [1.29, 1.82) is 0 Å². The molecule has 23 heavy (non-hydrogen) atoms. The molecule has 4 heteroatoms. The van der Waals surface area contributed by atoms with Crippen LogP contribution in [0.1, 0.15) is 18.4 Å². The predicted octanol–water partition coefficient (Wildman–Crippen LogP) is 3.86. The van der Waals surface area contributed by atoms with Gasteiger partial charge >= 0.3 is 0 Å². The van der Waals surface area contributed by atoms with Gasteiger partial charge in [-0.3, -0.25) is 4.79 Å². The maximum absolute atomic E-state index is 12.2. The second kappa shape index (κ2) is 7.51. The number of hydrogen-bond acceptors (Lipinski definition) is 2. The maximum atomic E-state index is 12.2. The van der Waals surface area contributed by atoms with Crippen LogP contribution in [0, 0.1) is 5.92 Å². The van der Waals surface area contributed by atoms with E-state index in [2.05, 4.69) is 17.4 Å². The summed E-state index contributed by atoms with van der Waals surface area (Å²) in [5.41, 5.74) is 1.25. The number of carbonyl (C=O) groups is 1. The van der Waals surface area contributed by atoms with Crippen molar-refractivity contribution >= 4 is 17.5 Å². The van der Waals surface area contributed by atoms with Crippen LogP contribution < -0.4 is 10.1 Å². The SMILES string of the molecule is O=C(COc1ccc(Cl)cc1)NC(Cc1ccccc1)C1CC1. The number of halogens is 1. The first-order valence-corrected chi connectivity index (χ1v) is 8.30. The summed E-state index contributed by atoms with van der Waals surface area (Å²) in [6, 6.07) is 17.5. The van der Waals surface area contributed by atoms with Gasteiger partial charge in [0.05, 0.1) is 0 Å². The predicted molar refractivity (Wildman–Crippen MR) is 91.7 cm³/mol. The molecule has 3 nitrogen and oxygen atoms in total. The minimum absolute atomic E-state index is 0.0274. The summed E-state index contributed by atoms with van der Waals surface area (Å²) in [4.78, 5) is 12.2. The van der Waals surface area contributed by atoms with E-state index in [0.717, 1.165) is 6.42 Å². The van der Waals surface area contributed by atoms with E-state index < -0.39 is 0 Å². The lowest BCUT2D eigenvalue weighted by Gasteiger charge is -2.18. The van der Waals surface area contributed by atoms with Gasteiger partial charge in [-0.1, -0.05) is 41.9 Å². The van der Waals surface area contributed by atoms with Crippen LogP contribution in [0.15, 0.2) is 54.6 Å². The molecule has 0 bridgehead atoms. The summed E-state index contributed by atoms with van der Waals surface area (Å²) in [6.07, 6.45) is 3.25. The number of rotatable bonds is 7. The third kappa shape index (κ3) is 5.00. The Balaban J connectivity index is 1.51. The minimum Gasteiger partial charge on any atom is -0.484 e. The lowest BCUT2D eigenvalue weighted by molar-refractivity contribution is -0.123. The Morgan fingerprint density at radius 3 is 2.48 bits per heavy atom. The van der Waals surface area contributed by atoms with E-state index in [1.54, 1.807) is 24.3 Å². The van der Waals surface area contributed by atoms with Gasteiger partial charge in [0.25, 0.3) is 5.91 Å². The molecular weight excluding hydrogens is 310 g/mol. The normalized spacial score (nSPS) is 15.0. The summed E-state index contributed by atoms with van der Waals surface area (Å²) in [6.45, 7) is 0.0274. The van der Waals surface area contributed by atoms with Gasteiger partial charge in [0.15, 0.2) is 6.61 Å². The molecule has 3 rings (SSSR count). The van der Waals surface area contributed by atoms with Crippen LogP contribution in [0.25, 0.3) is 0 Å². The van der Waals surface area contributed by atoms with Crippen molar-refractivity contribution in [3.05, 3.63) is 65.2 Å². The Morgan fingerprint density at radius 1 is 1.13 bits per heavy atom. The molecule has 0 saturated heterocycles. The Bertz CT molecular complexity index is 638. The third-order valence-corrected chi connectivity index (χ3v) is 4.27. The van der Waals surface area contributed by atoms with Gasteiger partial charge in [-0.15, -0.1) is 0 Å². The topological polar surface area (TPSA) is 38.3 Å². The lowest BCUT2D eigenvalue weighted by atomic mass is 10.0. The number of benzene rings is 2. The molecule has 1 aliphatic rings. The zero-order valence-corrected chi connectivity index (χ0v) is 13.6. The second-order valence-electron chi connectivity index (χ2n) is 5.94. The molecule has 1 unspecified atom stereocenters. The van der Waals surface area contributed by atoms with E-state index in [9.17, 15) is 4.79 Å². The highest BCUT2D eigenvalue weighted by Gasteiger charge is 2.32. The molecule has 0 spiro atoms. The lowest BCUT2D eigenvalue weighted by Crippen LogP contribution is -2.40. The van der Waals surface area contributed by atoms with E-state index in [1.165, 1.54) is 18.4 Å². The minimum atomic E-state index is -0.0761. The number of carbonyl (C=O) groups excluding carboxylic acids is 1. The fourth-order valence-electron chi connectivity index (χ4n) is 2.63. The fourth-order valence-corrected chi connectivity index (χ4v) is 2.76. The highest BCUT2D eigenvalue weighted by Crippen LogP contribution is 2.34. The second-order valence-corrected chi connectivity index (χ2v) is 6.38. The maximum Gasteiger partial charge on any atom is 0.258 e.